The van der Waals surface area contributed by atoms with Gasteiger partial charge in [0.05, 0.1) is 18.3 Å². The van der Waals surface area contributed by atoms with Crippen LogP contribution in [0.3, 0.4) is 0 Å². The van der Waals surface area contributed by atoms with Gasteiger partial charge in [0.2, 0.25) is 5.91 Å². The number of benzene rings is 2. The zero-order valence-corrected chi connectivity index (χ0v) is 17.3. The molecule has 30 heavy (non-hydrogen) atoms. The Hall–Kier alpha value is -3.16. The quantitative estimate of drug-likeness (QED) is 0.528. The molecule has 4 N–H and O–H groups in total. The fraction of sp³-hybridized carbons (Fsp3) is 0.304. The minimum Gasteiger partial charge on any atom is -0.461 e. The van der Waals surface area contributed by atoms with E-state index in [4.69, 9.17) is 14.9 Å². The molecule has 1 heterocycles. The number of aryl methyl sites for hydroxylation is 1. The first kappa shape index (κ1) is 21.5. The summed E-state index contributed by atoms with van der Waals surface area (Å²) in [6.45, 7) is 2.43. The number of carbonyl (C=O) groups is 2. The number of nitrogens with two attached hydrogens (primary N) is 1. The highest BCUT2D eigenvalue weighted by Crippen LogP contribution is 2.31. The fourth-order valence-electron chi connectivity index (χ4n) is 3.38. The van der Waals surface area contributed by atoms with Gasteiger partial charge in [-0.1, -0.05) is 36.4 Å². The number of rotatable bonds is 8. The number of nitrogens with one attached hydrogen (secondary N) is 1. The van der Waals surface area contributed by atoms with Crippen LogP contribution < -0.4 is 11.1 Å². The monoisotopic (exact) mass is 410 g/mol. The summed E-state index contributed by atoms with van der Waals surface area (Å²) in [5, 5.41) is 12.6. The summed E-state index contributed by atoms with van der Waals surface area (Å²) in [6, 6.07) is 15.5. The normalized spacial score (nSPS) is 14.3. The van der Waals surface area contributed by atoms with Crippen molar-refractivity contribution >= 4 is 22.8 Å². The van der Waals surface area contributed by atoms with Crippen molar-refractivity contribution in [2.24, 2.45) is 5.73 Å². The van der Waals surface area contributed by atoms with Crippen molar-refractivity contribution < 1.29 is 23.8 Å². The number of furan rings is 1. The van der Waals surface area contributed by atoms with Crippen LogP contribution in [0, 0.1) is 6.92 Å². The molecular formula is C23H26N2O5. The second kappa shape index (κ2) is 8.69. The Morgan fingerprint density at radius 3 is 2.53 bits per heavy atom. The third kappa shape index (κ3) is 4.22. The number of fused-ring (bicyclic) bond motifs is 1. The lowest BCUT2D eigenvalue weighted by Gasteiger charge is -2.24. The number of ether oxygens (including phenoxy) is 1. The Labute approximate surface area is 174 Å². The molecule has 0 aliphatic carbocycles. The van der Waals surface area contributed by atoms with Gasteiger partial charge in [-0.15, -0.1) is 0 Å². The van der Waals surface area contributed by atoms with Gasteiger partial charge in [0.1, 0.15) is 16.9 Å². The lowest BCUT2D eigenvalue weighted by molar-refractivity contribution is -0.124. The van der Waals surface area contributed by atoms with E-state index in [1.54, 1.807) is 20.1 Å². The summed E-state index contributed by atoms with van der Waals surface area (Å²) in [6.07, 6.45) is 0.460. The van der Waals surface area contributed by atoms with Crippen LogP contribution in [0.1, 0.15) is 40.3 Å². The molecule has 0 saturated heterocycles. The summed E-state index contributed by atoms with van der Waals surface area (Å²) < 4.78 is 11.4. The topological polar surface area (TPSA) is 115 Å². The molecule has 2 amide bonds. The first-order valence-electron chi connectivity index (χ1n) is 9.62. The average Bonchev–Trinajstić information content (AvgIpc) is 3.07. The first-order valence-corrected chi connectivity index (χ1v) is 9.62. The molecule has 7 nitrogen and oxygen atoms in total. The van der Waals surface area contributed by atoms with Crippen LogP contribution in [0.25, 0.3) is 11.0 Å². The number of primary amides is 1. The average molecular weight is 410 g/mol. The number of hydrogen-bond acceptors (Lipinski definition) is 5. The second-order valence-corrected chi connectivity index (χ2v) is 7.51. The fourth-order valence-corrected chi connectivity index (χ4v) is 3.38. The molecule has 0 spiro atoms. The highest BCUT2D eigenvalue weighted by molar-refractivity contribution is 6.09. The lowest BCUT2D eigenvalue weighted by Crippen LogP contribution is -2.57. The number of amides is 2. The van der Waals surface area contributed by atoms with Gasteiger partial charge in [-0.25, -0.2) is 0 Å². The van der Waals surface area contributed by atoms with Gasteiger partial charge in [0.25, 0.3) is 5.91 Å². The van der Waals surface area contributed by atoms with Gasteiger partial charge >= 0.3 is 0 Å². The third-order valence-electron chi connectivity index (χ3n) is 5.28. The third-order valence-corrected chi connectivity index (χ3v) is 5.28. The van der Waals surface area contributed by atoms with Crippen molar-refractivity contribution in [3.63, 3.8) is 0 Å². The maximum atomic E-state index is 12.9. The predicted molar refractivity (Wildman–Crippen MR) is 113 cm³/mol. The highest BCUT2D eigenvalue weighted by atomic mass is 16.5. The maximum absolute atomic E-state index is 12.9. The summed E-state index contributed by atoms with van der Waals surface area (Å²) in [5.74, 6) is -0.969. The molecule has 0 radical (unpaired) electrons. The van der Waals surface area contributed by atoms with E-state index in [9.17, 15) is 14.7 Å². The minimum atomic E-state index is -1.58. The molecule has 0 bridgehead atoms. The van der Waals surface area contributed by atoms with Crippen molar-refractivity contribution in [2.75, 3.05) is 13.7 Å². The van der Waals surface area contributed by atoms with Crippen LogP contribution in [-0.4, -0.2) is 36.2 Å². The van der Waals surface area contributed by atoms with Crippen LogP contribution in [0.15, 0.2) is 52.9 Å². The number of methoxy groups -OCH3 is 1. The Balaban J connectivity index is 1.97. The molecule has 0 aliphatic heterocycles. The Kier molecular flexibility index (Phi) is 6.24. The van der Waals surface area contributed by atoms with Crippen LogP contribution in [0.4, 0.5) is 0 Å². The van der Waals surface area contributed by atoms with Crippen molar-refractivity contribution in [1.29, 1.82) is 0 Å². The molecule has 0 saturated carbocycles. The van der Waals surface area contributed by atoms with E-state index in [1.165, 1.54) is 6.92 Å². The van der Waals surface area contributed by atoms with Gasteiger partial charge in [0.15, 0.2) is 0 Å². The van der Waals surface area contributed by atoms with Crippen LogP contribution in [0.5, 0.6) is 0 Å². The van der Waals surface area contributed by atoms with E-state index < -0.39 is 24.0 Å². The molecule has 158 valence electrons. The van der Waals surface area contributed by atoms with Gasteiger partial charge in [-0.2, -0.15) is 0 Å². The standard InChI is InChI=1S/C23H26N2O5/c1-14-20(21(27)25-23(2,13-26)22(24)28)17-12-16(9-10-18(17)30-14)19(29-3)11-15-7-5-4-6-8-15/h4-10,12,19,26H,11,13H2,1-3H3,(H2,24,28)(H,25,27)/t19?,23-/m0/s1. The number of aliphatic hydroxyl groups excluding tert-OH is 1. The van der Waals surface area contributed by atoms with Gasteiger partial charge in [-0.05, 0) is 37.1 Å². The summed E-state index contributed by atoms with van der Waals surface area (Å²) in [4.78, 5) is 24.6. The minimum absolute atomic E-state index is 0.212. The predicted octanol–water partition coefficient (Wildman–Crippen LogP) is 2.64. The largest absolute Gasteiger partial charge is 0.461 e. The molecule has 3 aromatic rings. The number of carbonyl (C=O) groups excluding carboxylic acids is 2. The summed E-state index contributed by atoms with van der Waals surface area (Å²) in [5.41, 5.74) is 6.62. The summed E-state index contributed by atoms with van der Waals surface area (Å²) >= 11 is 0. The molecule has 1 aromatic heterocycles. The van der Waals surface area contributed by atoms with E-state index in [1.807, 2.05) is 42.5 Å². The molecule has 0 aliphatic rings. The van der Waals surface area contributed by atoms with E-state index in [2.05, 4.69) is 5.32 Å². The number of aliphatic hydroxyl groups is 1. The Bertz CT molecular complexity index is 1060. The molecule has 2 aromatic carbocycles. The van der Waals surface area contributed by atoms with Crippen molar-refractivity contribution in [3.05, 3.63) is 71.0 Å². The van der Waals surface area contributed by atoms with Crippen LogP contribution in [0.2, 0.25) is 0 Å². The van der Waals surface area contributed by atoms with Crippen molar-refractivity contribution in [3.8, 4) is 0 Å². The molecule has 1 unspecified atom stereocenters. The zero-order chi connectivity index (χ0) is 21.9. The van der Waals surface area contributed by atoms with Gasteiger partial charge in [-0.3, -0.25) is 9.59 Å². The van der Waals surface area contributed by atoms with Crippen molar-refractivity contribution in [2.45, 2.75) is 31.9 Å². The molecule has 0 fully saturated rings. The second-order valence-electron chi connectivity index (χ2n) is 7.51. The lowest BCUT2D eigenvalue weighted by atomic mass is 9.98. The van der Waals surface area contributed by atoms with Gasteiger partial charge in [0, 0.05) is 18.9 Å². The van der Waals surface area contributed by atoms with E-state index in [-0.39, 0.29) is 6.10 Å². The zero-order valence-electron chi connectivity index (χ0n) is 17.3. The van der Waals surface area contributed by atoms with E-state index in [0.29, 0.717) is 28.7 Å². The van der Waals surface area contributed by atoms with Crippen LogP contribution in [-0.2, 0) is 16.0 Å². The van der Waals surface area contributed by atoms with Crippen LogP contribution >= 0.6 is 0 Å². The molecular weight excluding hydrogens is 384 g/mol. The van der Waals surface area contributed by atoms with E-state index >= 15 is 0 Å². The van der Waals surface area contributed by atoms with E-state index in [0.717, 1.165) is 11.1 Å². The molecule has 2 atom stereocenters. The highest BCUT2D eigenvalue weighted by Gasteiger charge is 2.34. The van der Waals surface area contributed by atoms with Crippen molar-refractivity contribution in [1.82, 2.24) is 5.32 Å². The molecule has 3 rings (SSSR count). The smallest absolute Gasteiger partial charge is 0.256 e. The Morgan fingerprint density at radius 2 is 1.93 bits per heavy atom. The number of hydrogen-bond donors (Lipinski definition) is 3. The first-order chi connectivity index (χ1) is 14.3. The summed E-state index contributed by atoms with van der Waals surface area (Å²) in [7, 11) is 1.64. The van der Waals surface area contributed by atoms with Gasteiger partial charge < -0.3 is 25.3 Å². The Morgan fingerprint density at radius 1 is 1.23 bits per heavy atom. The molecule has 7 heteroatoms. The SMILES string of the molecule is COC(Cc1ccccc1)c1ccc2oc(C)c(C(=O)N[C@@](C)(CO)C(N)=O)c2c1. The maximum Gasteiger partial charge on any atom is 0.256 e.